The highest BCUT2D eigenvalue weighted by atomic mass is 16.5. The van der Waals surface area contributed by atoms with Crippen molar-refractivity contribution in [3.8, 4) is 11.5 Å². The first-order valence-corrected chi connectivity index (χ1v) is 22.0. The molecule has 2 fully saturated rings. The topological polar surface area (TPSA) is 110 Å². The Hall–Kier alpha value is -5.58. The molecule has 2 aliphatic heterocycles. The van der Waals surface area contributed by atoms with E-state index >= 15 is 0 Å². The van der Waals surface area contributed by atoms with Gasteiger partial charge in [0.1, 0.15) is 23.1 Å². The third kappa shape index (κ3) is 12.3. The number of nitrogens with one attached hydrogen (secondary N) is 4. The third-order valence-corrected chi connectivity index (χ3v) is 11.4. The van der Waals surface area contributed by atoms with E-state index in [4.69, 9.17) is 14.7 Å². The minimum absolute atomic E-state index is 0.154. The van der Waals surface area contributed by atoms with E-state index in [2.05, 4.69) is 139 Å². The molecular formula is C51H66N8O2. The zero-order valence-electron chi connectivity index (χ0n) is 37.3. The van der Waals surface area contributed by atoms with Crippen LogP contribution in [0.3, 0.4) is 0 Å². The van der Waals surface area contributed by atoms with E-state index in [0.29, 0.717) is 18.6 Å². The number of benzene rings is 4. The summed E-state index contributed by atoms with van der Waals surface area (Å²) < 4.78 is 5.25. The van der Waals surface area contributed by atoms with E-state index in [0.717, 1.165) is 92.4 Å². The van der Waals surface area contributed by atoms with Crippen LogP contribution in [-0.2, 0) is 13.1 Å². The van der Waals surface area contributed by atoms with Crippen molar-refractivity contribution in [2.45, 2.75) is 103 Å². The van der Waals surface area contributed by atoms with Gasteiger partial charge in [-0.2, -0.15) is 0 Å². The van der Waals surface area contributed by atoms with Gasteiger partial charge in [0, 0.05) is 96.7 Å². The molecule has 0 unspecified atom stereocenters. The number of fused-ring (bicyclic) bond motifs is 2. The number of anilines is 4. The lowest BCUT2D eigenvalue weighted by atomic mass is 9.99. The van der Waals surface area contributed by atoms with E-state index in [-0.39, 0.29) is 16.8 Å². The number of ether oxygens (including phenoxy) is 1. The Morgan fingerprint density at radius 2 is 0.967 bits per heavy atom. The Kier molecular flexibility index (Phi) is 13.9. The van der Waals surface area contributed by atoms with Crippen LogP contribution < -0.4 is 35.8 Å². The largest absolute Gasteiger partial charge is 0.508 e. The van der Waals surface area contributed by atoms with Gasteiger partial charge in [-0.05, 0) is 115 Å². The number of nitrogens with zero attached hydrogens (tertiary/aromatic N) is 4. The molecule has 0 radical (unpaired) electrons. The molecule has 2 aliphatic rings. The van der Waals surface area contributed by atoms with Gasteiger partial charge in [-0.25, -0.2) is 9.97 Å². The monoisotopic (exact) mass is 823 g/mol. The van der Waals surface area contributed by atoms with Crippen molar-refractivity contribution in [1.82, 2.24) is 20.6 Å². The predicted molar refractivity (Wildman–Crippen MR) is 255 cm³/mol. The van der Waals surface area contributed by atoms with Crippen LogP contribution in [0, 0.1) is 0 Å². The molecule has 10 heteroatoms. The molecule has 61 heavy (non-hydrogen) atoms. The number of hydrogen-bond donors (Lipinski definition) is 5. The van der Waals surface area contributed by atoms with E-state index in [1.165, 1.54) is 27.7 Å². The fraction of sp³-hybridized carbons (Fsp3) is 0.412. The van der Waals surface area contributed by atoms with Crippen molar-refractivity contribution in [2.75, 3.05) is 53.7 Å². The lowest BCUT2D eigenvalue weighted by Crippen LogP contribution is -2.49. The molecule has 10 nitrogen and oxygen atoms in total. The molecule has 0 atom stereocenters. The summed E-state index contributed by atoms with van der Waals surface area (Å²) in [7, 11) is 1.69. The first-order valence-electron chi connectivity index (χ1n) is 22.0. The molecule has 5 N–H and O–H groups in total. The zero-order chi connectivity index (χ0) is 43.0. The van der Waals surface area contributed by atoms with Gasteiger partial charge in [-0.1, -0.05) is 60.7 Å². The summed E-state index contributed by atoms with van der Waals surface area (Å²) in [6.45, 7) is 19.0. The normalized spacial score (nSPS) is 15.4. The van der Waals surface area contributed by atoms with Gasteiger partial charge >= 0.3 is 0 Å². The SMILES string of the molecule is CC(C)(C)NC1CCN(c2cc(NCc3ccc(O)cc3)nc3ccccc23)CC1.COc1ccc(CNc2cc(N3CCC(NC(C)(C)C)CC3)c3ccccc3n2)cc1. The van der Waals surface area contributed by atoms with E-state index in [1.807, 2.05) is 30.3 Å². The maximum Gasteiger partial charge on any atom is 0.129 e. The number of para-hydroxylation sites is 2. The average molecular weight is 823 g/mol. The molecule has 2 saturated heterocycles. The number of methoxy groups -OCH3 is 1. The molecule has 0 bridgehead atoms. The van der Waals surface area contributed by atoms with Gasteiger partial charge in [0.05, 0.1) is 18.1 Å². The molecule has 6 aromatic rings. The molecule has 0 spiro atoms. The Morgan fingerprint density at radius 3 is 1.36 bits per heavy atom. The van der Waals surface area contributed by atoms with Crippen LogP contribution >= 0.6 is 0 Å². The number of rotatable bonds is 11. The van der Waals surface area contributed by atoms with Gasteiger partial charge in [0.2, 0.25) is 0 Å². The maximum absolute atomic E-state index is 9.48. The molecule has 4 heterocycles. The van der Waals surface area contributed by atoms with Crippen molar-refractivity contribution < 1.29 is 9.84 Å². The van der Waals surface area contributed by atoms with Crippen LogP contribution in [0.2, 0.25) is 0 Å². The van der Waals surface area contributed by atoms with Crippen molar-refractivity contribution in [1.29, 1.82) is 0 Å². The number of phenols is 1. The lowest BCUT2D eigenvalue weighted by Gasteiger charge is -2.37. The summed E-state index contributed by atoms with van der Waals surface area (Å²) in [5.74, 6) is 2.96. The number of piperidine rings is 2. The fourth-order valence-corrected chi connectivity index (χ4v) is 8.52. The summed E-state index contributed by atoms with van der Waals surface area (Å²) in [5.41, 5.74) is 7.20. The van der Waals surface area contributed by atoms with Crippen LogP contribution in [0.15, 0.2) is 109 Å². The quantitative estimate of drug-likeness (QED) is 0.0867. The van der Waals surface area contributed by atoms with E-state index < -0.39 is 0 Å². The highest BCUT2D eigenvalue weighted by Gasteiger charge is 2.26. The molecular weight excluding hydrogens is 757 g/mol. The average Bonchev–Trinajstić information content (AvgIpc) is 3.25. The summed E-state index contributed by atoms with van der Waals surface area (Å²) in [6.07, 6.45) is 4.60. The van der Waals surface area contributed by atoms with Gasteiger partial charge < -0.3 is 40.9 Å². The maximum atomic E-state index is 9.48. The molecule has 4 aromatic carbocycles. The fourth-order valence-electron chi connectivity index (χ4n) is 8.52. The van der Waals surface area contributed by atoms with Crippen LogP contribution in [-0.4, -0.2) is 71.5 Å². The standard InChI is InChI=1S/C26H34N4O.C25H32N4O/c1-26(2,3)29-20-13-15-30(16-14-20)24-17-25(28-23-8-6-5-7-22(23)24)27-18-19-9-11-21(31-4)12-10-19;1-25(2,3)28-19-12-14-29(15-13-19)23-16-24(27-22-7-5-4-6-21(22)23)26-17-18-8-10-20(30)11-9-18/h5-12,17,20,29H,13-16,18H2,1-4H3,(H,27,28);4-11,16,19,28,30H,12-15,17H2,1-3H3,(H,26,27). The van der Waals surface area contributed by atoms with Gasteiger partial charge in [0.25, 0.3) is 0 Å². The Balaban J connectivity index is 0.000000184. The van der Waals surface area contributed by atoms with Gasteiger partial charge in [-0.3, -0.25) is 0 Å². The van der Waals surface area contributed by atoms with Crippen LogP contribution in [0.25, 0.3) is 21.8 Å². The second kappa shape index (κ2) is 19.4. The molecule has 322 valence electrons. The predicted octanol–water partition coefficient (Wildman–Crippen LogP) is 10.1. The van der Waals surface area contributed by atoms with Gasteiger partial charge in [0.15, 0.2) is 0 Å². The summed E-state index contributed by atoms with van der Waals surface area (Å²) >= 11 is 0. The minimum atomic E-state index is 0.154. The molecule has 8 rings (SSSR count). The van der Waals surface area contributed by atoms with Crippen LogP contribution in [0.1, 0.15) is 78.4 Å². The number of aromatic nitrogens is 2. The molecule has 0 aliphatic carbocycles. The van der Waals surface area contributed by atoms with Crippen molar-refractivity contribution in [2.24, 2.45) is 0 Å². The first-order chi connectivity index (χ1) is 29.3. The molecule has 2 aromatic heterocycles. The second-order valence-electron chi connectivity index (χ2n) is 18.6. The molecule has 0 amide bonds. The van der Waals surface area contributed by atoms with Crippen molar-refractivity contribution >= 4 is 44.8 Å². The van der Waals surface area contributed by atoms with E-state index in [9.17, 15) is 5.11 Å². The number of pyridine rings is 2. The Labute approximate surface area is 363 Å². The summed E-state index contributed by atoms with van der Waals surface area (Å²) in [6, 6.07) is 37.8. The first kappa shape index (κ1) is 43.5. The summed E-state index contributed by atoms with van der Waals surface area (Å²) in [4.78, 5) is 14.7. The summed E-state index contributed by atoms with van der Waals surface area (Å²) in [5, 5.41) is 26.4. The van der Waals surface area contributed by atoms with Crippen molar-refractivity contribution in [3.05, 3.63) is 120 Å². The number of aromatic hydroxyl groups is 1. The van der Waals surface area contributed by atoms with Gasteiger partial charge in [-0.15, -0.1) is 0 Å². The Bertz CT molecular complexity index is 2320. The third-order valence-electron chi connectivity index (χ3n) is 11.4. The number of hydrogen-bond acceptors (Lipinski definition) is 10. The lowest BCUT2D eigenvalue weighted by molar-refractivity contribution is 0.317. The highest BCUT2D eigenvalue weighted by Crippen LogP contribution is 2.33. The smallest absolute Gasteiger partial charge is 0.129 e. The zero-order valence-corrected chi connectivity index (χ0v) is 37.3. The Morgan fingerprint density at radius 1 is 0.574 bits per heavy atom. The second-order valence-corrected chi connectivity index (χ2v) is 18.6. The van der Waals surface area contributed by atoms with Crippen molar-refractivity contribution in [3.63, 3.8) is 0 Å². The van der Waals surface area contributed by atoms with Crippen LogP contribution in [0.5, 0.6) is 11.5 Å². The van der Waals surface area contributed by atoms with Crippen LogP contribution in [0.4, 0.5) is 23.0 Å². The number of phenolic OH excluding ortho intramolecular Hbond substituents is 1. The molecule has 0 saturated carbocycles. The van der Waals surface area contributed by atoms with E-state index in [1.54, 1.807) is 19.2 Å². The minimum Gasteiger partial charge on any atom is -0.508 e. The highest BCUT2D eigenvalue weighted by molar-refractivity contribution is 5.94.